The molecule has 0 aromatic carbocycles. The zero-order valence-electron chi connectivity index (χ0n) is 12.6. The number of fused-ring (bicyclic) bond motifs is 4. The first-order valence-electron chi connectivity index (χ1n) is 7.75. The number of nitrogens with zero attached hydrogens (tertiary/aromatic N) is 4. The average molecular weight is 349 g/mol. The second kappa shape index (κ2) is 6.09. The molecule has 0 saturated carbocycles. The van der Waals surface area contributed by atoms with Crippen molar-refractivity contribution in [1.82, 2.24) is 14.9 Å². The minimum atomic E-state index is 0.0189. The lowest BCUT2D eigenvalue weighted by Gasteiger charge is -2.35. The van der Waals surface area contributed by atoms with Gasteiger partial charge in [-0.25, -0.2) is 9.97 Å². The van der Waals surface area contributed by atoms with Gasteiger partial charge in [0.05, 0.1) is 28.7 Å². The zero-order chi connectivity index (χ0) is 15.8. The second-order valence-electron chi connectivity index (χ2n) is 6.09. The molecule has 0 radical (unpaired) electrons. The molecule has 0 unspecified atom stereocenters. The van der Waals surface area contributed by atoms with Crippen LogP contribution in [-0.2, 0) is 11.3 Å². The van der Waals surface area contributed by atoms with Crippen LogP contribution in [0.3, 0.4) is 0 Å². The number of carbonyl (C=O) groups excluding carboxylic acids is 1. The summed E-state index contributed by atoms with van der Waals surface area (Å²) in [4.78, 5) is 25.7. The van der Waals surface area contributed by atoms with Crippen molar-refractivity contribution < 1.29 is 4.79 Å². The van der Waals surface area contributed by atoms with Gasteiger partial charge in [-0.3, -0.25) is 4.79 Å². The number of halogens is 1. The third-order valence-electron chi connectivity index (χ3n) is 4.65. The van der Waals surface area contributed by atoms with E-state index >= 15 is 0 Å². The van der Waals surface area contributed by atoms with Crippen molar-refractivity contribution in [2.24, 2.45) is 5.92 Å². The van der Waals surface area contributed by atoms with E-state index in [1.165, 1.54) is 0 Å². The molecule has 1 amide bonds. The highest BCUT2D eigenvalue weighted by molar-refractivity contribution is 7.07. The molecule has 5 rings (SSSR count). The Morgan fingerprint density at radius 2 is 2.22 bits per heavy atom. The van der Waals surface area contributed by atoms with Gasteiger partial charge in [-0.05, 0) is 25.0 Å². The molecular weight excluding hydrogens is 332 g/mol. The quantitative estimate of drug-likeness (QED) is 0.855. The minimum Gasteiger partial charge on any atom is -0.353 e. The predicted molar refractivity (Wildman–Crippen MR) is 90.6 cm³/mol. The van der Waals surface area contributed by atoms with Gasteiger partial charge in [0.25, 0.3) is 0 Å². The maximum atomic E-state index is 12.8. The SMILES string of the molecule is O=C1[C@H]2CC[C@H](CN(c3ncccc3Cl)C2)N1Cc1cscn1. The van der Waals surface area contributed by atoms with Gasteiger partial charge in [0.1, 0.15) is 5.82 Å². The van der Waals surface area contributed by atoms with Gasteiger partial charge in [-0.1, -0.05) is 11.6 Å². The number of carbonyl (C=O) groups is 1. The zero-order valence-corrected chi connectivity index (χ0v) is 14.1. The van der Waals surface area contributed by atoms with E-state index in [0.717, 1.165) is 30.9 Å². The summed E-state index contributed by atoms with van der Waals surface area (Å²) in [5, 5.41) is 2.66. The maximum absolute atomic E-state index is 12.8. The predicted octanol–water partition coefficient (Wildman–Crippen LogP) is 2.82. The van der Waals surface area contributed by atoms with Gasteiger partial charge < -0.3 is 9.80 Å². The lowest BCUT2D eigenvalue weighted by molar-refractivity contribution is -0.140. The fourth-order valence-electron chi connectivity index (χ4n) is 3.52. The van der Waals surface area contributed by atoms with E-state index in [1.807, 2.05) is 27.9 Å². The molecule has 0 N–H and O–H groups in total. The van der Waals surface area contributed by atoms with Crippen LogP contribution in [0, 0.1) is 5.92 Å². The van der Waals surface area contributed by atoms with E-state index in [-0.39, 0.29) is 17.9 Å². The Balaban J connectivity index is 1.61. The van der Waals surface area contributed by atoms with Crippen molar-refractivity contribution in [3.05, 3.63) is 39.9 Å². The molecule has 5 heterocycles. The number of hydrogen-bond donors (Lipinski definition) is 0. The highest BCUT2D eigenvalue weighted by Crippen LogP contribution is 2.34. The molecule has 7 heteroatoms. The number of rotatable bonds is 3. The summed E-state index contributed by atoms with van der Waals surface area (Å²) >= 11 is 7.87. The number of thiazole rings is 1. The molecule has 0 aliphatic carbocycles. The minimum absolute atomic E-state index is 0.0189. The van der Waals surface area contributed by atoms with E-state index in [9.17, 15) is 4.79 Å². The van der Waals surface area contributed by atoms with Crippen LogP contribution in [0.2, 0.25) is 5.02 Å². The molecule has 3 aliphatic heterocycles. The van der Waals surface area contributed by atoms with E-state index in [0.29, 0.717) is 18.1 Å². The molecule has 120 valence electrons. The van der Waals surface area contributed by atoms with E-state index < -0.39 is 0 Å². The Morgan fingerprint density at radius 3 is 3.00 bits per heavy atom. The Hall–Kier alpha value is -1.66. The molecular formula is C16H17ClN4OS. The van der Waals surface area contributed by atoms with E-state index in [1.54, 1.807) is 17.5 Å². The Bertz CT molecular complexity index is 708. The fraction of sp³-hybridized carbons (Fsp3) is 0.438. The summed E-state index contributed by atoms with van der Waals surface area (Å²) in [6, 6.07) is 3.88. The highest BCUT2D eigenvalue weighted by atomic mass is 35.5. The molecule has 5 nitrogen and oxygen atoms in total. The molecule has 3 aliphatic rings. The third kappa shape index (κ3) is 2.81. The first-order chi connectivity index (χ1) is 11.2. The molecule has 23 heavy (non-hydrogen) atoms. The lowest BCUT2D eigenvalue weighted by Crippen LogP contribution is -2.47. The molecule has 2 atom stereocenters. The molecule has 0 spiro atoms. The normalized spacial score (nSPS) is 24.1. The van der Waals surface area contributed by atoms with Crippen molar-refractivity contribution in [3.63, 3.8) is 0 Å². The second-order valence-corrected chi connectivity index (χ2v) is 7.21. The van der Waals surface area contributed by atoms with Crippen LogP contribution in [0.4, 0.5) is 5.82 Å². The molecule has 3 fully saturated rings. The van der Waals surface area contributed by atoms with Crippen molar-refractivity contribution in [1.29, 1.82) is 0 Å². The molecule has 2 aromatic heterocycles. The molecule has 2 bridgehead atoms. The lowest BCUT2D eigenvalue weighted by atomic mass is 9.94. The van der Waals surface area contributed by atoms with Gasteiger partial charge in [0.15, 0.2) is 0 Å². The highest BCUT2D eigenvalue weighted by Gasteiger charge is 2.41. The van der Waals surface area contributed by atoms with Crippen LogP contribution < -0.4 is 4.90 Å². The van der Waals surface area contributed by atoms with Crippen molar-refractivity contribution in [3.8, 4) is 0 Å². The Morgan fingerprint density at radius 1 is 1.30 bits per heavy atom. The molecule has 3 saturated heterocycles. The largest absolute Gasteiger partial charge is 0.353 e. The number of piperidine rings is 1. The summed E-state index contributed by atoms with van der Waals surface area (Å²) in [6.45, 7) is 2.08. The van der Waals surface area contributed by atoms with Gasteiger partial charge in [-0.15, -0.1) is 11.3 Å². The van der Waals surface area contributed by atoms with Crippen molar-refractivity contribution >= 4 is 34.7 Å². The monoisotopic (exact) mass is 348 g/mol. The number of anilines is 1. The summed E-state index contributed by atoms with van der Waals surface area (Å²) in [6.07, 6.45) is 3.72. The smallest absolute Gasteiger partial charge is 0.228 e. The fourth-order valence-corrected chi connectivity index (χ4v) is 4.31. The standard InChI is InChI=1S/C16H17ClN4OS/c17-14-2-1-5-18-15(14)20-6-11-3-4-13(8-20)21(16(11)22)7-12-9-23-10-19-12/h1-2,5,9-11,13H,3-4,6-8H2/t11-,13+/m0/s1. The van der Waals surface area contributed by atoms with Gasteiger partial charge in [-0.2, -0.15) is 0 Å². The number of aromatic nitrogens is 2. The summed E-state index contributed by atoms with van der Waals surface area (Å²) < 4.78 is 0. The first kappa shape index (κ1) is 14.9. The Labute approximate surface area is 143 Å². The molecule has 2 aromatic rings. The topological polar surface area (TPSA) is 49.3 Å². The van der Waals surface area contributed by atoms with Crippen molar-refractivity contribution in [2.75, 3.05) is 18.0 Å². The van der Waals surface area contributed by atoms with E-state index in [2.05, 4.69) is 14.9 Å². The van der Waals surface area contributed by atoms with Crippen LogP contribution in [0.15, 0.2) is 29.2 Å². The van der Waals surface area contributed by atoms with E-state index in [4.69, 9.17) is 11.6 Å². The average Bonchev–Trinajstić information content (AvgIpc) is 2.92. The summed E-state index contributed by atoms with van der Waals surface area (Å²) in [5.74, 6) is 1.05. The van der Waals surface area contributed by atoms with Gasteiger partial charge in [0.2, 0.25) is 5.91 Å². The van der Waals surface area contributed by atoms with Crippen LogP contribution in [-0.4, -0.2) is 39.9 Å². The maximum Gasteiger partial charge on any atom is 0.228 e. The van der Waals surface area contributed by atoms with Crippen LogP contribution in [0.1, 0.15) is 18.5 Å². The first-order valence-corrected chi connectivity index (χ1v) is 9.07. The number of pyridine rings is 1. The third-order valence-corrected chi connectivity index (χ3v) is 5.58. The van der Waals surface area contributed by atoms with Crippen LogP contribution in [0.5, 0.6) is 0 Å². The summed E-state index contributed by atoms with van der Waals surface area (Å²) in [7, 11) is 0. The van der Waals surface area contributed by atoms with Crippen LogP contribution in [0.25, 0.3) is 0 Å². The Kier molecular flexibility index (Phi) is 3.95. The van der Waals surface area contributed by atoms with Gasteiger partial charge in [0, 0.05) is 30.7 Å². The number of hydrogen-bond acceptors (Lipinski definition) is 5. The number of amides is 1. The van der Waals surface area contributed by atoms with Crippen molar-refractivity contribution in [2.45, 2.75) is 25.4 Å². The van der Waals surface area contributed by atoms with Gasteiger partial charge >= 0.3 is 0 Å². The summed E-state index contributed by atoms with van der Waals surface area (Å²) in [5.41, 5.74) is 2.79. The van der Waals surface area contributed by atoms with Crippen LogP contribution >= 0.6 is 22.9 Å².